The molecule has 90 valence electrons. The van der Waals surface area contributed by atoms with Gasteiger partial charge in [0.05, 0.1) is 6.10 Å². The summed E-state index contributed by atoms with van der Waals surface area (Å²) in [6, 6.07) is 3.26. The lowest BCUT2D eigenvalue weighted by molar-refractivity contribution is 0.0138. The summed E-state index contributed by atoms with van der Waals surface area (Å²) in [5.74, 6) is -0.912. The van der Waals surface area contributed by atoms with E-state index in [0.717, 1.165) is 12.1 Å². The molecule has 16 heavy (non-hydrogen) atoms. The lowest BCUT2D eigenvalue weighted by atomic mass is 10.0. The summed E-state index contributed by atoms with van der Waals surface area (Å²) in [6.07, 6.45) is -1.85. The van der Waals surface area contributed by atoms with Gasteiger partial charge < -0.3 is 20.6 Å². The minimum absolute atomic E-state index is 0.168. The van der Waals surface area contributed by atoms with Crippen LogP contribution in [0.1, 0.15) is 18.1 Å². The Morgan fingerprint density at radius 2 is 2.00 bits per heavy atom. The average Bonchev–Trinajstić information content (AvgIpc) is 2.23. The molecule has 2 unspecified atom stereocenters. The van der Waals surface area contributed by atoms with E-state index >= 15 is 0 Å². The Labute approximate surface area is 93.4 Å². The molecule has 0 aliphatic carbocycles. The largest absolute Gasteiger partial charge is 0.508 e. The van der Waals surface area contributed by atoms with Crippen LogP contribution in [0.3, 0.4) is 0 Å². The first-order chi connectivity index (χ1) is 7.54. The third kappa shape index (κ3) is 3.44. The molecule has 2 atom stereocenters. The van der Waals surface area contributed by atoms with Crippen molar-refractivity contribution in [1.82, 2.24) is 5.32 Å². The molecule has 0 saturated carbocycles. The summed E-state index contributed by atoms with van der Waals surface area (Å²) >= 11 is 0. The minimum Gasteiger partial charge on any atom is -0.508 e. The number of phenolic OH excluding ortho intramolecular Hbond substituents is 1. The van der Waals surface area contributed by atoms with Crippen molar-refractivity contribution >= 4 is 0 Å². The second-order valence-corrected chi connectivity index (χ2v) is 3.65. The number of rotatable bonds is 5. The molecule has 0 aliphatic rings. The van der Waals surface area contributed by atoms with Crippen molar-refractivity contribution in [2.24, 2.45) is 0 Å². The third-order valence-electron chi connectivity index (χ3n) is 2.30. The predicted octanol–water partition coefficient (Wildman–Crippen LogP) is 0.535. The number of phenols is 1. The SMILES string of the molecule is CNCCC(O)C(O)c1cc(O)cc(F)c1. The van der Waals surface area contributed by atoms with E-state index in [1.54, 1.807) is 7.05 Å². The molecule has 0 fully saturated rings. The standard InChI is InChI=1S/C11H16FNO3/c1-13-3-2-10(15)11(16)7-4-8(12)6-9(14)5-7/h4-6,10-11,13-16H,2-3H2,1H3. The van der Waals surface area contributed by atoms with Crippen LogP contribution in [0.2, 0.25) is 0 Å². The summed E-state index contributed by atoms with van der Waals surface area (Å²) < 4.78 is 12.9. The van der Waals surface area contributed by atoms with Crippen LogP contribution in [0, 0.1) is 5.82 Å². The Kier molecular flexibility index (Phi) is 4.67. The Morgan fingerprint density at radius 3 is 2.56 bits per heavy atom. The maximum Gasteiger partial charge on any atom is 0.127 e. The second-order valence-electron chi connectivity index (χ2n) is 3.65. The van der Waals surface area contributed by atoms with E-state index in [2.05, 4.69) is 5.32 Å². The van der Waals surface area contributed by atoms with Crippen molar-refractivity contribution in [3.8, 4) is 5.75 Å². The number of aliphatic hydroxyl groups is 2. The first-order valence-corrected chi connectivity index (χ1v) is 5.04. The van der Waals surface area contributed by atoms with Crippen LogP contribution in [0.15, 0.2) is 18.2 Å². The van der Waals surface area contributed by atoms with E-state index in [1.807, 2.05) is 0 Å². The van der Waals surface area contributed by atoms with Gasteiger partial charge >= 0.3 is 0 Å². The summed E-state index contributed by atoms with van der Waals surface area (Å²) in [5.41, 5.74) is 0.168. The monoisotopic (exact) mass is 229 g/mol. The van der Waals surface area contributed by atoms with Gasteiger partial charge in [-0.2, -0.15) is 0 Å². The summed E-state index contributed by atoms with van der Waals surface area (Å²) in [6.45, 7) is 0.541. The highest BCUT2D eigenvalue weighted by Crippen LogP contribution is 2.23. The molecule has 0 bridgehead atoms. The number of halogens is 1. The molecule has 4 nitrogen and oxygen atoms in total. The van der Waals surface area contributed by atoms with Crippen LogP contribution < -0.4 is 5.32 Å². The van der Waals surface area contributed by atoms with Gasteiger partial charge in [-0.05, 0) is 37.7 Å². The van der Waals surface area contributed by atoms with Gasteiger partial charge in [-0.1, -0.05) is 0 Å². The Morgan fingerprint density at radius 1 is 1.31 bits per heavy atom. The van der Waals surface area contributed by atoms with Crippen molar-refractivity contribution < 1.29 is 19.7 Å². The fourth-order valence-corrected chi connectivity index (χ4v) is 1.44. The van der Waals surface area contributed by atoms with E-state index < -0.39 is 18.0 Å². The van der Waals surface area contributed by atoms with Crippen LogP contribution >= 0.6 is 0 Å². The number of hydrogen-bond acceptors (Lipinski definition) is 4. The van der Waals surface area contributed by atoms with Gasteiger partial charge in [0.1, 0.15) is 17.7 Å². The van der Waals surface area contributed by atoms with Gasteiger partial charge in [0.25, 0.3) is 0 Å². The van der Waals surface area contributed by atoms with E-state index in [9.17, 15) is 14.6 Å². The highest BCUT2D eigenvalue weighted by atomic mass is 19.1. The summed E-state index contributed by atoms with van der Waals surface area (Å²) in [7, 11) is 1.73. The zero-order valence-electron chi connectivity index (χ0n) is 9.02. The molecule has 1 rings (SSSR count). The molecule has 1 aromatic rings. The molecule has 0 heterocycles. The fraction of sp³-hybridized carbons (Fsp3) is 0.455. The van der Waals surface area contributed by atoms with Crippen LogP contribution in [0.25, 0.3) is 0 Å². The maximum absolute atomic E-state index is 12.9. The molecule has 4 N–H and O–H groups in total. The number of benzene rings is 1. The maximum atomic E-state index is 12.9. The van der Waals surface area contributed by atoms with Crippen molar-refractivity contribution in [1.29, 1.82) is 0 Å². The molecule has 0 radical (unpaired) electrons. The number of aromatic hydroxyl groups is 1. The Balaban J connectivity index is 2.74. The van der Waals surface area contributed by atoms with Crippen LogP contribution in [0.5, 0.6) is 5.75 Å². The van der Waals surface area contributed by atoms with Gasteiger partial charge in [0, 0.05) is 6.07 Å². The average molecular weight is 229 g/mol. The summed E-state index contributed by atoms with van der Waals surface area (Å²) in [5, 5.41) is 31.3. The lowest BCUT2D eigenvalue weighted by Crippen LogP contribution is -2.23. The normalized spacial score (nSPS) is 14.8. The molecule has 0 spiro atoms. The van der Waals surface area contributed by atoms with Gasteiger partial charge in [0.15, 0.2) is 0 Å². The lowest BCUT2D eigenvalue weighted by Gasteiger charge is -2.18. The van der Waals surface area contributed by atoms with E-state index in [4.69, 9.17) is 5.11 Å². The molecule has 0 aliphatic heterocycles. The van der Waals surface area contributed by atoms with E-state index in [-0.39, 0.29) is 11.3 Å². The Bertz CT molecular complexity index is 326. The molecule has 0 aromatic heterocycles. The third-order valence-corrected chi connectivity index (χ3v) is 2.30. The highest BCUT2D eigenvalue weighted by Gasteiger charge is 2.18. The first-order valence-electron chi connectivity index (χ1n) is 5.04. The molecule has 0 amide bonds. The van der Waals surface area contributed by atoms with Crippen molar-refractivity contribution in [3.05, 3.63) is 29.6 Å². The zero-order valence-corrected chi connectivity index (χ0v) is 9.02. The molecular formula is C11H16FNO3. The second kappa shape index (κ2) is 5.79. The van der Waals surface area contributed by atoms with E-state index in [1.165, 1.54) is 6.07 Å². The van der Waals surface area contributed by atoms with Crippen molar-refractivity contribution in [2.45, 2.75) is 18.6 Å². The van der Waals surface area contributed by atoms with Gasteiger partial charge in [-0.15, -0.1) is 0 Å². The van der Waals surface area contributed by atoms with Crippen LogP contribution in [-0.4, -0.2) is 35.0 Å². The van der Waals surface area contributed by atoms with Crippen molar-refractivity contribution in [3.63, 3.8) is 0 Å². The minimum atomic E-state index is -1.20. The van der Waals surface area contributed by atoms with Crippen LogP contribution in [-0.2, 0) is 0 Å². The van der Waals surface area contributed by atoms with Crippen molar-refractivity contribution in [2.75, 3.05) is 13.6 Å². The number of hydrogen-bond donors (Lipinski definition) is 4. The predicted molar refractivity (Wildman–Crippen MR) is 57.6 cm³/mol. The van der Waals surface area contributed by atoms with Gasteiger partial charge in [-0.3, -0.25) is 0 Å². The molecule has 0 saturated heterocycles. The topological polar surface area (TPSA) is 72.7 Å². The first kappa shape index (κ1) is 12.9. The van der Waals surface area contributed by atoms with Crippen LogP contribution in [0.4, 0.5) is 4.39 Å². The summed E-state index contributed by atoms with van der Waals surface area (Å²) in [4.78, 5) is 0. The highest BCUT2D eigenvalue weighted by molar-refractivity contribution is 5.30. The smallest absolute Gasteiger partial charge is 0.127 e. The Hall–Kier alpha value is -1.17. The number of nitrogens with one attached hydrogen (secondary N) is 1. The number of aliphatic hydroxyl groups excluding tert-OH is 2. The fourth-order valence-electron chi connectivity index (χ4n) is 1.44. The quantitative estimate of drug-likeness (QED) is 0.594. The molecule has 5 heteroatoms. The zero-order chi connectivity index (χ0) is 12.1. The molecule has 1 aromatic carbocycles. The van der Waals surface area contributed by atoms with Gasteiger partial charge in [0.2, 0.25) is 0 Å². The van der Waals surface area contributed by atoms with Gasteiger partial charge in [-0.25, -0.2) is 4.39 Å². The van der Waals surface area contributed by atoms with E-state index in [0.29, 0.717) is 13.0 Å². The molecular weight excluding hydrogens is 213 g/mol.